The van der Waals surface area contributed by atoms with Crippen LogP contribution in [-0.4, -0.2) is 34.5 Å². The van der Waals surface area contributed by atoms with Gasteiger partial charge in [-0.15, -0.1) is 0 Å². The molecular weight excluding hydrogens is 342 g/mol. The molecule has 1 N–H and O–H groups in total. The third-order valence-electron chi connectivity index (χ3n) is 3.25. The molecule has 0 bridgehead atoms. The Morgan fingerprint density at radius 2 is 2.08 bits per heavy atom. The second kappa shape index (κ2) is 8.56. The van der Waals surface area contributed by atoms with Crippen LogP contribution in [0, 0.1) is 10.1 Å². The lowest BCUT2D eigenvalue weighted by Gasteiger charge is -2.14. The number of amides is 1. The maximum absolute atomic E-state index is 12.2. The number of hydrogen-bond acceptors (Lipinski definition) is 7. The Hall–Kier alpha value is -3.49. The number of esters is 1. The third-order valence-corrected chi connectivity index (χ3v) is 3.25. The van der Waals surface area contributed by atoms with Gasteiger partial charge in [-0.3, -0.25) is 14.9 Å². The summed E-state index contributed by atoms with van der Waals surface area (Å²) in [5.74, 6) is -1.27. The lowest BCUT2D eigenvalue weighted by atomic mass is 10.2. The standard InChI is InChI=1S/C17H17N3O6/c1-3-25-16-14(8-5-9-18-16)17(22)26-11(2)15(21)19-12-6-4-7-13(10-12)20(23)24/h4-11H,3H2,1-2H3,(H,19,21). The minimum absolute atomic E-state index is 0.101. The fraction of sp³-hybridized carbons (Fsp3) is 0.235. The largest absolute Gasteiger partial charge is 0.477 e. The molecule has 0 spiro atoms. The molecule has 0 radical (unpaired) electrons. The highest BCUT2D eigenvalue weighted by molar-refractivity contribution is 5.98. The lowest BCUT2D eigenvalue weighted by Crippen LogP contribution is -2.30. The lowest BCUT2D eigenvalue weighted by molar-refractivity contribution is -0.384. The van der Waals surface area contributed by atoms with Crippen LogP contribution < -0.4 is 10.1 Å². The van der Waals surface area contributed by atoms with E-state index in [1.165, 1.54) is 43.5 Å². The van der Waals surface area contributed by atoms with Crippen molar-refractivity contribution in [2.24, 2.45) is 0 Å². The summed E-state index contributed by atoms with van der Waals surface area (Å²) in [6.45, 7) is 3.46. The minimum Gasteiger partial charge on any atom is -0.477 e. The first-order chi connectivity index (χ1) is 12.4. The van der Waals surface area contributed by atoms with Gasteiger partial charge in [-0.05, 0) is 32.0 Å². The Morgan fingerprint density at radius 3 is 2.77 bits per heavy atom. The van der Waals surface area contributed by atoms with E-state index in [0.717, 1.165) is 0 Å². The van der Waals surface area contributed by atoms with Crippen molar-refractivity contribution in [1.82, 2.24) is 4.98 Å². The van der Waals surface area contributed by atoms with E-state index in [-0.39, 0.29) is 22.8 Å². The monoisotopic (exact) mass is 359 g/mol. The Balaban J connectivity index is 2.04. The van der Waals surface area contributed by atoms with Gasteiger partial charge in [0.05, 0.1) is 11.5 Å². The Labute approximate surface area is 149 Å². The molecule has 0 aliphatic carbocycles. The predicted molar refractivity (Wildman–Crippen MR) is 92.0 cm³/mol. The molecule has 0 fully saturated rings. The van der Waals surface area contributed by atoms with Crippen LogP contribution in [-0.2, 0) is 9.53 Å². The maximum Gasteiger partial charge on any atom is 0.344 e. The van der Waals surface area contributed by atoms with Crippen molar-refractivity contribution >= 4 is 23.3 Å². The van der Waals surface area contributed by atoms with E-state index < -0.39 is 22.9 Å². The van der Waals surface area contributed by atoms with E-state index in [1.54, 1.807) is 13.0 Å². The van der Waals surface area contributed by atoms with Crippen LogP contribution in [0.15, 0.2) is 42.6 Å². The summed E-state index contributed by atoms with van der Waals surface area (Å²) in [7, 11) is 0. The number of nitro benzene ring substituents is 1. The first kappa shape index (κ1) is 18.8. The van der Waals surface area contributed by atoms with Crippen LogP contribution in [0.25, 0.3) is 0 Å². The maximum atomic E-state index is 12.2. The molecule has 2 rings (SSSR count). The highest BCUT2D eigenvalue weighted by Crippen LogP contribution is 2.19. The van der Waals surface area contributed by atoms with E-state index in [0.29, 0.717) is 6.61 Å². The number of rotatable bonds is 7. The fourth-order valence-corrected chi connectivity index (χ4v) is 2.02. The van der Waals surface area contributed by atoms with E-state index >= 15 is 0 Å². The van der Waals surface area contributed by atoms with Crippen LogP contribution >= 0.6 is 0 Å². The Kier molecular flexibility index (Phi) is 6.20. The summed E-state index contributed by atoms with van der Waals surface area (Å²) in [6.07, 6.45) is 0.344. The number of non-ortho nitro benzene ring substituents is 1. The van der Waals surface area contributed by atoms with Crippen molar-refractivity contribution in [3.63, 3.8) is 0 Å². The Bertz CT molecular complexity index is 824. The molecule has 1 atom stereocenters. The highest BCUT2D eigenvalue weighted by Gasteiger charge is 2.22. The molecule has 0 aliphatic heterocycles. The number of carbonyl (C=O) groups is 2. The van der Waals surface area contributed by atoms with Crippen molar-refractivity contribution in [3.8, 4) is 5.88 Å². The number of pyridine rings is 1. The molecular formula is C17H17N3O6. The first-order valence-electron chi connectivity index (χ1n) is 7.76. The molecule has 1 aromatic carbocycles. The summed E-state index contributed by atoms with van der Waals surface area (Å²) >= 11 is 0. The number of aromatic nitrogens is 1. The van der Waals surface area contributed by atoms with Crippen molar-refractivity contribution in [1.29, 1.82) is 0 Å². The number of ether oxygens (including phenoxy) is 2. The summed E-state index contributed by atoms with van der Waals surface area (Å²) in [5, 5.41) is 13.2. The zero-order chi connectivity index (χ0) is 19.1. The number of carbonyl (C=O) groups excluding carboxylic acids is 2. The van der Waals surface area contributed by atoms with Crippen molar-refractivity contribution < 1.29 is 24.0 Å². The van der Waals surface area contributed by atoms with Crippen molar-refractivity contribution in [3.05, 3.63) is 58.3 Å². The van der Waals surface area contributed by atoms with Gasteiger partial charge in [0.15, 0.2) is 6.10 Å². The fourth-order valence-electron chi connectivity index (χ4n) is 2.02. The summed E-state index contributed by atoms with van der Waals surface area (Å²) in [4.78, 5) is 38.5. The van der Waals surface area contributed by atoms with Gasteiger partial charge in [-0.2, -0.15) is 0 Å². The van der Waals surface area contributed by atoms with Crippen molar-refractivity contribution in [2.75, 3.05) is 11.9 Å². The van der Waals surface area contributed by atoms with Gasteiger partial charge in [-0.25, -0.2) is 9.78 Å². The molecule has 2 aromatic rings. The number of anilines is 1. The smallest absolute Gasteiger partial charge is 0.344 e. The minimum atomic E-state index is -1.13. The van der Waals surface area contributed by atoms with Crippen LogP contribution in [0.2, 0.25) is 0 Å². The molecule has 0 saturated carbocycles. The zero-order valence-corrected chi connectivity index (χ0v) is 14.2. The molecule has 1 aromatic heterocycles. The average molecular weight is 359 g/mol. The quantitative estimate of drug-likeness (QED) is 0.458. The molecule has 26 heavy (non-hydrogen) atoms. The molecule has 9 heteroatoms. The summed E-state index contributed by atoms with van der Waals surface area (Å²) in [6, 6.07) is 8.47. The molecule has 1 unspecified atom stereocenters. The number of nitrogens with zero attached hydrogens (tertiary/aromatic N) is 2. The normalized spacial score (nSPS) is 11.3. The zero-order valence-electron chi connectivity index (χ0n) is 14.2. The van der Waals surface area contributed by atoms with Crippen LogP contribution in [0.4, 0.5) is 11.4 Å². The molecule has 0 saturated heterocycles. The number of nitrogens with one attached hydrogen (secondary N) is 1. The Morgan fingerprint density at radius 1 is 1.31 bits per heavy atom. The second-order valence-electron chi connectivity index (χ2n) is 5.13. The summed E-state index contributed by atoms with van der Waals surface area (Å²) in [5.41, 5.74) is 0.164. The van der Waals surface area contributed by atoms with Gasteiger partial charge in [0, 0.05) is 24.0 Å². The van der Waals surface area contributed by atoms with E-state index in [1.807, 2.05) is 0 Å². The van der Waals surface area contributed by atoms with Gasteiger partial charge in [0.1, 0.15) is 5.56 Å². The summed E-state index contributed by atoms with van der Waals surface area (Å²) < 4.78 is 10.4. The van der Waals surface area contributed by atoms with E-state index in [4.69, 9.17) is 9.47 Å². The van der Waals surface area contributed by atoms with Gasteiger partial charge in [-0.1, -0.05) is 6.07 Å². The molecule has 9 nitrogen and oxygen atoms in total. The number of benzene rings is 1. The molecule has 1 heterocycles. The van der Waals surface area contributed by atoms with E-state index in [2.05, 4.69) is 10.3 Å². The highest BCUT2D eigenvalue weighted by atomic mass is 16.6. The second-order valence-corrected chi connectivity index (χ2v) is 5.13. The van der Waals surface area contributed by atoms with Crippen LogP contribution in [0.5, 0.6) is 5.88 Å². The van der Waals surface area contributed by atoms with E-state index in [9.17, 15) is 19.7 Å². The topological polar surface area (TPSA) is 121 Å². The van der Waals surface area contributed by atoms with Gasteiger partial charge in [0.2, 0.25) is 5.88 Å². The van der Waals surface area contributed by atoms with Gasteiger partial charge in [0.25, 0.3) is 11.6 Å². The van der Waals surface area contributed by atoms with Gasteiger partial charge < -0.3 is 14.8 Å². The predicted octanol–water partition coefficient (Wildman–Crippen LogP) is 2.57. The number of hydrogen-bond donors (Lipinski definition) is 1. The number of nitro groups is 1. The van der Waals surface area contributed by atoms with Crippen molar-refractivity contribution in [2.45, 2.75) is 20.0 Å². The molecule has 1 amide bonds. The third kappa shape index (κ3) is 4.76. The van der Waals surface area contributed by atoms with Gasteiger partial charge >= 0.3 is 5.97 Å². The van der Waals surface area contributed by atoms with Crippen LogP contribution in [0.1, 0.15) is 24.2 Å². The molecule has 136 valence electrons. The SMILES string of the molecule is CCOc1ncccc1C(=O)OC(C)C(=O)Nc1cccc([N+](=O)[O-])c1. The first-order valence-corrected chi connectivity index (χ1v) is 7.76. The average Bonchev–Trinajstić information content (AvgIpc) is 2.62. The molecule has 0 aliphatic rings. The van der Waals surface area contributed by atoms with Crippen LogP contribution in [0.3, 0.4) is 0 Å².